The summed E-state index contributed by atoms with van der Waals surface area (Å²) in [5.41, 5.74) is 6.63. The zero-order valence-corrected chi connectivity index (χ0v) is 12.2. The quantitative estimate of drug-likeness (QED) is 0.838. The summed E-state index contributed by atoms with van der Waals surface area (Å²) in [5, 5.41) is 7.08. The summed E-state index contributed by atoms with van der Waals surface area (Å²) in [5.74, 6) is -0.232. The molecule has 2 fully saturated rings. The monoisotopic (exact) mass is 291 g/mol. The Bertz CT molecular complexity index is 564. The molecule has 114 valence electrons. The lowest BCUT2D eigenvalue weighted by atomic mass is 10.2. The van der Waals surface area contributed by atoms with Crippen LogP contribution in [0.25, 0.3) is 0 Å². The van der Waals surface area contributed by atoms with Gasteiger partial charge in [0.15, 0.2) is 0 Å². The van der Waals surface area contributed by atoms with Crippen molar-refractivity contribution in [3.8, 4) is 0 Å². The second-order valence-electron chi connectivity index (χ2n) is 5.70. The Balaban J connectivity index is 1.78. The fourth-order valence-corrected chi connectivity index (χ4v) is 2.82. The number of aromatic nitrogens is 2. The van der Waals surface area contributed by atoms with Crippen LogP contribution in [0.5, 0.6) is 0 Å². The van der Waals surface area contributed by atoms with Crippen LogP contribution in [0.1, 0.15) is 43.1 Å². The maximum Gasteiger partial charge on any atom is 0.274 e. The summed E-state index contributed by atoms with van der Waals surface area (Å²) in [6.45, 7) is 3.07. The van der Waals surface area contributed by atoms with Crippen LogP contribution < -0.4 is 11.1 Å². The first-order valence-electron chi connectivity index (χ1n) is 7.54. The van der Waals surface area contributed by atoms with E-state index in [9.17, 15) is 9.59 Å². The number of amides is 2. The Hall–Kier alpha value is -2.05. The van der Waals surface area contributed by atoms with E-state index in [4.69, 9.17) is 5.73 Å². The van der Waals surface area contributed by atoms with Gasteiger partial charge in [-0.3, -0.25) is 14.3 Å². The minimum Gasteiger partial charge on any atom is -0.396 e. The molecule has 1 aromatic heterocycles. The largest absolute Gasteiger partial charge is 0.396 e. The predicted octanol–water partition coefficient (Wildman–Crippen LogP) is 0.368. The number of hydrogen-bond acceptors (Lipinski definition) is 4. The summed E-state index contributed by atoms with van der Waals surface area (Å²) in [4.78, 5) is 26.6. The van der Waals surface area contributed by atoms with Crippen LogP contribution in [0.15, 0.2) is 6.20 Å². The van der Waals surface area contributed by atoms with E-state index in [1.165, 1.54) is 6.20 Å². The average molecular weight is 291 g/mol. The number of nitrogens with two attached hydrogens (primary N) is 1. The molecule has 3 rings (SSSR count). The lowest BCUT2D eigenvalue weighted by Crippen LogP contribution is -2.47. The van der Waals surface area contributed by atoms with Crippen molar-refractivity contribution in [1.82, 2.24) is 20.0 Å². The van der Waals surface area contributed by atoms with Crippen molar-refractivity contribution < 1.29 is 9.59 Å². The zero-order chi connectivity index (χ0) is 15.0. The third kappa shape index (κ3) is 2.59. The SMILES string of the molecule is CCn1ncc(N)c1C(=O)N1CCCC1C(=O)NC1CC1. The van der Waals surface area contributed by atoms with E-state index >= 15 is 0 Å². The van der Waals surface area contributed by atoms with Gasteiger partial charge >= 0.3 is 0 Å². The molecule has 1 saturated heterocycles. The molecule has 2 aliphatic rings. The minimum absolute atomic E-state index is 0.0375. The molecular weight excluding hydrogens is 270 g/mol. The summed E-state index contributed by atoms with van der Waals surface area (Å²) in [6.07, 6.45) is 5.13. The van der Waals surface area contributed by atoms with Gasteiger partial charge in [-0.25, -0.2) is 0 Å². The highest BCUT2D eigenvalue weighted by Crippen LogP contribution is 2.25. The Morgan fingerprint density at radius 2 is 2.19 bits per heavy atom. The molecule has 3 N–H and O–H groups in total. The van der Waals surface area contributed by atoms with Crippen LogP contribution in [0, 0.1) is 0 Å². The maximum absolute atomic E-state index is 12.7. The first-order chi connectivity index (χ1) is 10.1. The number of carbonyl (C=O) groups is 2. The second-order valence-corrected chi connectivity index (χ2v) is 5.70. The van der Waals surface area contributed by atoms with Gasteiger partial charge in [-0.05, 0) is 32.6 Å². The first kappa shape index (κ1) is 13.9. The van der Waals surface area contributed by atoms with Gasteiger partial charge in [0.2, 0.25) is 5.91 Å². The van der Waals surface area contributed by atoms with Gasteiger partial charge in [0, 0.05) is 19.1 Å². The van der Waals surface area contributed by atoms with Gasteiger partial charge in [0.05, 0.1) is 11.9 Å². The van der Waals surface area contributed by atoms with E-state index in [0.29, 0.717) is 36.9 Å². The van der Waals surface area contributed by atoms with Crippen LogP contribution in [0.4, 0.5) is 5.69 Å². The molecule has 1 aromatic rings. The number of carbonyl (C=O) groups excluding carboxylic acids is 2. The Morgan fingerprint density at radius 3 is 2.86 bits per heavy atom. The number of hydrogen-bond donors (Lipinski definition) is 2. The topological polar surface area (TPSA) is 93.2 Å². The normalized spacial score (nSPS) is 21.6. The number of rotatable bonds is 4. The molecule has 2 amide bonds. The number of aryl methyl sites for hydroxylation is 1. The third-order valence-electron chi connectivity index (χ3n) is 4.11. The van der Waals surface area contributed by atoms with Crippen LogP contribution in [0.2, 0.25) is 0 Å². The van der Waals surface area contributed by atoms with E-state index in [1.807, 2.05) is 6.92 Å². The molecule has 0 radical (unpaired) electrons. The molecule has 2 heterocycles. The van der Waals surface area contributed by atoms with Gasteiger partial charge < -0.3 is 16.0 Å². The standard InChI is InChI=1S/C14H21N5O2/c1-2-19-12(10(15)8-16-19)14(21)18-7-3-4-11(18)13(20)17-9-5-6-9/h8-9,11H,2-7,15H2,1H3,(H,17,20). The van der Waals surface area contributed by atoms with Crippen LogP contribution in [-0.4, -0.2) is 45.1 Å². The number of nitrogens with one attached hydrogen (secondary N) is 1. The number of nitrogen functional groups attached to an aromatic ring is 1. The highest BCUT2D eigenvalue weighted by Gasteiger charge is 2.38. The molecule has 1 aliphatic carbocycles. The molecule has 21 heavy (non-hydrogen) atoms. The minimum atomic E-state index is -0.377. The Morgan fingerprint density at radius 1 is 1.43 bits per heavy atom. The molecule has 0 bridgehead atoms. The summed E-state index contributed by atoms with van der Waals surface area (Å²) >= 11 is 0. The molecule has 1 aliphatic heterocycles. The van der Waals surface area contributed by atoms with Crippen molar-refractivity contribution >= 4 is 17.5 Å². The van der Waals surface area contributed by atoms with E-state index in [1.54, 1.807) is 9.58 Å². The first-order valence-corrected chi connectivity index (χ1v) is 7.54. The fraction of sp³-hybridized carbons (Fsp3) is 0.643. The zero-order valence-electron chi connectivity index (χ0n) is 12.2. The van der Waals surface area contributed by atoms with Crippen molar-refractivity contribution in [2.24, 2.45) is 0 Å². The van der Waals surface area contributed by atoms with Crippen molar-refractivity contribution in [1.29, 1.82) is 0 Å². The summed E-state index contributed by atoms with van der Waals surface area (Å²) < 4.78 is 1.59. The molecule has 0 aromatic carbocycles. The highest BCUT2D eigenvalue weighted by atomic mass is 16.2. The Labute approximate surface area is 123 Å². The smallest absolute Gasteiger partial charge is 0.274 e. The van der Waals surface area contributed by atoms with E-state index in [-0.39, 0.29) is 17.9 Å². The maximum atomic E-state index is 12.7. The molecular formula is C14H21N5O2. The van der Waals surface area contributed by atoms with Crippen molar-refractivity contribution in [2.75, 3.05) is 12.3 Å². The molecule has 0 spiro atoms. The van der Waals surface area contributed by atoms with E-state index < -0.39 is 0 Å². The molecule has 7 heteroatoms. The van der Waals surface area contributed by atoms with Crippen LogP contribution in [-0.2, 0) is 11.3 Å². The number of likely N-dealkylation sites (tertiary alicyclic amines) is 1. The lowest BCUT2D eigenvalue weighted by molar-refractivity contribution is -0.125. The number of anilines is 1. The lowest BCUT2D eigenvalue weighted by Gasteiger charge is -2.24. The van der Waals surface area contributed by atoms with E-state index in [0.717, 1.165) is 19.3 Å². The van der Waals surface area contributed by atoms with Crippen molar-refractivity contribution in [2.45, 2.75) is 51.2 Å². The summed E-state index contributed by atoms with van der Waals surface area (Å²) in [7, 11) is 0. The van der Waals surface area contributed by atoms with Crippen molar-refractivity contribution in [3.63, 3.8) is 0 Å². The van der Waals surface area contributed by atoms with E-state index in [2.05, 4.69) is 10.4 Å². The predicted molar refractivity (Wildman–Crippen MR) is 77.5 cm³/mol. The fourth-order valence-electron chi connectivity index (χ4n) is 2.82. The summed E-state index contributed by atoms with van der Waals surface area (Å²) in [6, 6.07) is -0.0704. The third-order valence-corrected chi connectivity index (χ3v) is 4.11. The molecule has 1 saturated carbocycles. The highest BCUT2D eigenvalue weighted by molar-refractivity contribution is 6.00. The van der Waals surface area contributed by atoms with Crippen LogP contribution >= 0.6 is 0 Å². The average Bonchev–Trinajstić information content (AvgIpc) is 3.02. The van der Waals surface area contributed by atoms with Gasteiger partial charge in [-0.1, -0.05) is 0 Å². The van der Waals surface area contributed by atoms with Crippen LogP contribution in [0.3, 0.4) is 0 Å². The second kappa shape index (κ2) is 5.38. The van der Waals surface area contributed by atoms with Gasteiger partial charge in [-0.2, -0.15) is 5.10 Å². The molecule has 1 unspecified atom stereocenters. The van der Waals surface area contributed by atoms with Gasteiger partial charge in [-0.15, -0.1) is 0 Å². The number of nitrogens with zero attached hydrogens (tertiary/aromatic N) is 3. The molecule has 1 atom stereocenters. The molecule has 7 nitrogen and oxygen atoms in total. The van der Waals surface area contributed by atoms with Gasteiger partial charge in [0.25, 0.3) is 5.91 Å². The van der Waals surface area contributed by atoms with Crippen molar-refractivity contribution in [3.05, 3.63) is 11.9 Å². The van der Waals surface area contributed by atoms with Gasteiger partial charge in [0.1, 0.15) is 11.7 Å². The Kier molecular flexibility index (Phi) is 3.57.